The van der Waals surface area contributed by atoms with Crippen molar-refractivity contribution in [1.29, 1.82) is 0 Å². The van der Waals surface area contributed by atoms with E-state index in [4.69, 9.17) is 20.3 Å². The first-order chi connectivity index (χ1) is 14.4. The molecule has 0 amide bonds. The van der Waals surface area contributed by atoms with Gasteiger partial charge >= 0.3 is 17.9 Å². The fourth-order valence-electron chi connectivity index (χ4n) is 3.56. The van der Waals surface area contributed by atoms with Crippen LogP contribution in [-0.4, -0.2) is 35.0 Å². The number of benzene rings is 1. The van der Waals surface area contributed by atoms with Crippen molar-refractivity contribution in [2.45, 2.75) is 64.2 Å². The molecule has 0 spiro atoms. The zero-order chi connectivity index (χ0) is 21.9. The minimum Gasteiger partial charge on any atom is -0.481 e. The van der Waals surface area contributed by atoms with Crippen molar-refractivity contribution in [2.75, 3.05) is 0 Å². The molecular formula is C22H29NO7. The van der Waals surface area contributed by atoms with Crippen molar-refractivity contribution in [3.05, 3.63) is 35.9 Å². The molecule has 1 aromatic rings. The van der Waals surface area contributed by atoms with Crippen molar-refractivity contribution < 1.29 is 33.8 Å². The van der Waals surface area contributed by atoms with Crippen LogP contribution in [0.15, 0.2) is 30.3 Å². The summed E-state index contributed by atoms with van der Waals surface area (Å²) in [5.41, 5.74) is 6.34. The van der Waals surface area contributed by atoms with Crippen molar-refractivity contribution in [1.82, 2.24) is 0 Å². The number of esters is 2. The second kappa shape index (κ2) is 12.1. The van der Waals surface area contributed by atoms with Gasteiger partial charge in [0.05, 0.1) is 6.42 Å². The average Bonchev–Trinajstić information content (AvgIpc) is 2.75. The number of carbonyl (C=O) groups excluding carboxylic acids is 3. The van der Waals surface area contributed by atoms with Crippen LogP contribution in [0, 0.1) is 11.8 Å². The first-order valence-corrected chi connectivity index (χ1v) is 10.3. The molecule has 3 N–H and O–H groups in total. The monoisotopic (exact) mass is 419 g/mol. The summed E-state index contributed by atoms with van der Waals surface area (Å²) in [5.74, 6) is -5.17. The topological polar surface area (TPSA) is 133 Å². The van der Waals surface area contributed by atoms with Crippen LogP contribution in [0.25, 0.3) is 0 Å². The summed E-state index contributed by atoms with van der Waals surface area (Å²) in [6.07, 6.45) is 3.96. The maximum Gasteiger partial charge on any atom is 0.317 e. The van der Waals surface area contributed by atoms with Crippen molar-refractivity contribution in [2.24, 2.45) is 17.6 Å². The number of hydrogen-bond acceptors (Lipinski definition) is 7. The van der Waals surface area contributed by atoms with Gasteiger partial charge < -0.3 is 14.6 Å². The highest BCUT2D eigenvalue weighted by Crippen LogP contribution is 2.27. The molecule has 1 aliphatic rings. The fraction of sp³-hybridized carbons (Fsp3) is 0.545. The summed E-state index contributed by atoms with van der Waals surface area (Å²) in [4.78, 5) is 48.0. The Bertz CT molecular complexity index is 728. The minimum absolute atomic E-state index is 0.112. The quantitative estimate of drug-likeness (QED) is 0.318. The summed E-state index contributed by atoms with van der Waals surface area (Å²) in [6, 6.07) is 8.75. The number of rotatable bonds is 11. The third-order valence-electron chi connectivity index (χ3n) is 5.25. The van der Waals surface area contributed by atoms with Crippen LogP contribution in [0.2, 0.25) is 0 Å². The lowest BCUT2D eigenvalue weighted by molar-refractivity contribution is -0.165. The van der Waals surface area contributed by atoms with Gasteiger partial charge in [0.15, 0.2) is 0 Å². The lowest BCUT2D eigenvalue weighted by Crippen LogP contribution is -2.43. The van der Waals surface area contributed by atoms with Crippen LogP contribution in [0.1, 0.15) is 56.9 Å². The number of aliphatic carboxylic acids is 1. The van der Waals surface area contributed by atoms with E-state index < -0.39 is 42.3 Å². The molecule has 2 unspecified atom stereocenters. The van der Waals surface area contributed by atoms with Crippen molar-refractivity contribution in [3.8, 4) is 0 Å². The summed E-state index contributed by atoms with van der Waals surface area (Å²) < 4.78 is 10.0. The second-order valence-electron chi connectivity index (χ2n) is 7.60. The lowest BCUT2D eigenvalue weighted by atomic mass is 9.86. The van der Waals surface area contributed by atoms with Crippen molar-refractivity contribution in [3.63, 3.8) is 0 Å². The largest absolute Gasteiger partial charge is 0.481 e. The highest BCUT2D eigenvalue weighted by molar-refractivity contribution is 6.03. The molecule has 8 nitrogen and oxygen atoms in total. The molecule has 1 aliphatic carbocycles. The van der Waals surface area contributed by atoms with Gasteiger partial charge in [0.1, 0.15) is 12.5 Å². The smallest absolute Gasteiger partial charge is 0.317 e. The molecule has 8 heteroatoms. The highest BCUT2D eigenvalue weighted by atomic mass is 16.6. The van der Waals surface area contributed by atoms with E-state index in [2.05, 4.69) is 0 Å². The molecule has 0 saturated heterocycles. The van der Waals surface area contributed by atoms with Gasteiger partial charge in [-0.1, -0.05) is 62.4 Å². The molecule has 0 aromatic heterocycles. The van der Waals surface area contributed by atoms with E-state index >= 15 is 0 Å². The Kier molecular flexibility index (Phi) is 9.47. The van der Waals surface area contributed by atoms with E-state index in [9.17, 15) is 19.2 Å². The Morgan fingerprint density at radius 1 is 1.07 bits per heavy atom. The number of carboxylic acid groups (broad SMARTS) is 1. The number of hydrogen-bond donors (Lipinski definition) is 2. The Morgan fingerprint density at radius 3 is 2.37 bits per heavy atom. The van der Waals surface area contributed by atoms with E-state index in [1.165, 1.54) is 6.42 Å². The van der Waals surface area contributed by atoms with Crippen LogP contribution in [0.4, 0.5) is 0 Å². The molecule has 0 heterocycles. The number of carboxylic acids is 1. The molecule has 2 atom stereocenters. The standard InChI is InChI=1S/C22H29NO7/c23-21(30-19(26)12-11-15-7-3-1-4-8-15)20(27)17(13-18(24)25)22(28)29-14-16-9-5-2-6-10-16/h2,5-6,9-10,15,17,21H,1,3-4,7-8,11-14,23H2,(H,24,25). The Labute approximate surface area is 175 Å². The first-order valence-electron chi connectivity index (χ1n) is 10.3. The summed E-state index contributed by atoms with van der Waals surface area (Å²) in [5, 5.41) is 9.05. The third kappa shape index (κ3) is 7.94. The van der Waals surface area contributed by atoms with Crippen LogP contribution < -0.4 is 5.73 Å². The van der Waals surface area contributed by atoms with E-state index in [0.717, 1.165) is 25.7 Å². The predicted octanol–water partition coefficient (Wildman–Crippen LogP) is 2.58. The lowest BCUT2D eigenvalue weighted by Gasteiger charge is -2.21. The average molecular weight is 419 g/mol. The van der Waals surface area contributed by atoms with Gasteiger partial charge in [-0.25, -0.2) is 0 Å². The molecule has 30 heavy (non-hydrogen) atoms. The van der Waals surface area contributed by atoms with Crippen LogP contribution >= 0.6 is 0 Å². The molecule has 0 aliphatic heterocycles. The van der Waals surface area contributed by atoms with Gasteiger partial charge in [-0.3, -0.25) is 24.9 Å². The Morgan fingerprint density at radius 2 is 1.73 bits per heavy atom. The van der Waals surface area contributed by atoms with Gasteiger partial charge in [-0.15, -0.1) is 0 Å². The molecule has 0 bridgehead atoms. The third-order valence-corrected chi connectivity index (χ3v) is 5.25. The minimum atomic E-state index is -1.71. The second-order valence-corrected chi connectivity index (χ2v) is 7.60. The number of carbonyl (C=O) groups is 4. The van der Waals surface area contributed by atoms with Gasteiger partial charge in [0, 0.05) is 6.42 Å². The van der Waals surface area contributed by atoms with E-state index in [1.54, 1.807) is 30.3 Å². The number of ketones is 1. The van der Waals surface area contributed by atoms with Gasteiger partial charge in [-0.05, 0) is 17.9 Å². The summed E-state index contributed by atoms with van der Waals surface area (Å²) >= 11 is 0. The predicted molar refractivity (Wildman–Crippen MR) is 107 cm³/mol. The molecule has 1 aromatic carbocycles. The first kappa shape index (κ1) is 23.5. The molecule has 0 radical (unpaired) electrons. The molecule has 2 rings (SSSR count). The molecule has 1 saturated carbocycles. The normalized spacial score (nSPS) is 16.3. The van der Waals surface area contributed by atoms with Crippen LogP contribution in [0.5, 0.6) is 0 Å². The van der Waals surface area contributed by atoms with Crippen LogP contribution in [0.3, 0.4) is 0 Å². The number of ether oxygens (including phenoxy) is 2. The number of Topliss-reactive ketones (excluding diaryl/α,β-unsaturated/α-hetero) is 1. The maximum absolute atomic E-state index is 12.5. The van der Waals surface area contributed by atoms with Crippen LogP contribution in [-0.2, 0) is 35.3 Å². The zero-order valence-electron chi connectivity index (χ0n) is 17.0. The summed E-state index contributed by atoms with van der Waals surface area (Å²) in [6.45, 7) is -0.112. The Hall–Kier alpha value is -2.74. The van der Waals surface area contributed by atoms with E-state index in [1.807, 2.05) is 0 Å². The summed E-state index contributed by atoms with van der Waals surface area (Å²) in [7, 11) is 0. The van der Waals surface area contributed by atoms with Gasteiger partial charge in [0.2, 0.25) is 12.0 Å². The van der Waals surface area contributed by atoms with Crippen molar-refractivity contribution >= 4 is 23.7 Å². The SMILES string of the molecule is NC(OC(=O)CCC1CCCCC1)C(=O)C(CC(=O)O)C(=O)OCc1ccccc1. The zero-order valence-corrected chi connectivity index (χ0v) is 17.0. The molecule has 164 valence electrons. The molecule has 1 fully saturated rings. The van der Waals surface area contributed by atoms with E-state index in [-0.39, 0.29) is 13.0 Å². The molecular weight excluding hydrogens is 390 g/mol. The maximum atomic E-state index is 12.5. The van der Waals surface area contributed by atoms with E-state index in [0.29, 0.717) is 17.9 Å². The highest BCUT2D eigenvalue weighted by Gasteiger charge is 2.36. The van der Waals surface area contributed by atoms with Gasteiger partial charge in [-0.2, -0.15) is 0 Å². The fourth-order valence-corrected chi connectivity index (χ4v) is 3.56. The van der Waals surface area contributed by atoms with Gasteiger partial charge in [0.25, 0.3) is 0 Å². The number of nitrogens with two attached hydrogens (primary N) is 1. The Balaban J connectivity index is 1.87.